The molecule has 5 heteroatoms. The van der Waals surface area contributed by atoms with Crippen molar-refractivity contribution in [3.05, 3.63) is 23.7 Å². The van der Waals surface area contributed by atoms with E-state index in [-0.39, 0.29) is 5.76 Å². The lowest BCUT2D eigenvalue weighted by molar-refractivity contribution is -0.143. The molecule has 86 valence electrons. The Kier molecular flexibility index (Phi) is 2.46. The number of methoxy groups -OCH3 is 1. The third-order valence-corrected chi connectivity index (χ3v) is 2.87. The van der Waals surface area contributed by atoms with Crippen LogP contribution in [-0.4, -0.2) is 24.2 Å². The molecule has 1 aliphatic rings. The first-order valence-corrected chi connectivity index (χ1v) is 4.98. The van der Waals surface area contributed by atoms with E-state index < -0.39 is 17.4 Å². The van der Waals surface area contributed by atoms with Gasteiger partial charge in [0.25, 0.3) is 0 Å². The Bertz CT molecular complexity index is 427. The van der Waals surface area contributed by atoms with E-state index in [2.05, 4.69) is 4.74 Å². The molecule has 1 aromatic rings. The van der Waals surface area contributed by atoms with Crippen LogP contribution in [0.25, 0.3) is 0 Å². The van der Waals surface area contributed by atoms with Gasteiger partial charge >= 0.3 is 11.9 Å². The summed E-state index contributed by atoms with van der Waals surface area (Å²) in [6.45, 7) is 0. The quantitative estimate of drug-likeness (QED) is 0.783. The van der Waals surface area contributed by atoms with Crippen molar-refractivity contribution in [3.63, 3.8) is 0 Å². The first-order chi connectivity index (χ1) is 7.57. The number of esters is 1. The third kappa shape index (κ3) is 1.80. The van der Waals surface area contributed by atoms with Crippen LogP contribution in [0.15, 0.2) is 16.5 Å². The van der Waals surface area contributed by atoms with Gasteiger partial charge in [0.2, 0.25) is 5.76 Å². The molecule has 1 heterocycles. The van der Waals surface area contributed by atoms with Crippen LogP contribution < -0.4 is 0 Å². The predicted molar refractivity (Wildman–Crippen MR) is 53.1 cm³/mol. The molecule has 16 heavy (non-hydrogen) atoms. The van der Waals surface area contributed by atoms with E-state index in [4.69, 9.17) is 9.52 Å². The van der Waals surface area contributed by atoms with Crippen molar-refractivity contribution in [2.45, 2.75) is 19.3 Å². The van der Waals surface area contributed by atoms with Crippen molar-refractivity contribution in [3.8, 4) is 0 Å². The van der Waals surface area contributed by atoms with Gasteiger partial charge in [-0.15, -0.1) is 0 Å². The van der Waals surface area contributed by atoms with Gasteiger partial charge < -0.3 is 14.3 Å². The van der Waals surface area contributed by atoms with E-state index in [0.717, 1.165) is 0 Å². The highest BCUT2D eigenvalue weighted by Gasteiger charge is 2.50. The van der Waals surface area contributed by atoms with Gasteiger partial charge in [0, 0.05) is 6.42 Å². The molecular weight excluding hydrogens is 212 g/mol. The molecule has 1 aromatic heterocycles. The Morgan fingerprint density at radius 3 is 2.69 bits per heavy atom. The molecule has 0 unspecified atom stereocenters. The summed E-state index contributed by atoms with van der Waals surface area (Å²) in [6, 6.07) is 3.12. The van der Waals surface area contributed by atoms with E-state index >= 15 is 0 Å². The smallest absolute Gasteiger partial charge is 0.373 e. The lowest BCUT2D eigenvalue weighted by atomic mass is 10.0. The second-order valence-electron chi connectivity index (χ2n) is 4.02. The van der Waals surface area contributed by atoms with E-state index in [0.29, 0.717) is 25.0 Å². The molecule has 0 saturated heterocycles. The molecule has 1 N–H and O–H groups in total. The molecular formula is C11H12O5. The maximum atomic E-state index is 11.1. The fourth-order valence-corrected chi connectivity index (χ4v) is 1.63. The van der Waals surface area contributed by atoms with Crippen molar-refractivity contribution in [2.24, 2.45) is 5.41 Å². The Morgan fingerprint density at radius 1 is 1.50 bits per heavy atom. The highest BCUT2D eigenvalue weighted by Crippen LogP contribution is 2.48. The summed E-state index contributed by atoms with van der Waals surface area (Å²) in [6.07, 6.45) is 1.66. The van der Waals surface area contributed by atoms with Crippen LogP contribution in [-0.2, 0) is 16.0 Å². The van der Waals surface area contributed by atoms with Gasteiger partial charge in [0.1, 0.15) is 5.76 Å². The summed E-state index contributed by atoms with van der Waals surface area (Å²) in [5, 5.41) is 8.99. The summed E-state index contributed by atoms with van der Waals surface area (Å²) < 4.78 is 9.72. The molecule has 0 spiro atoms. The highest BCUT2D eigenvalue weighted by molar-refractivity contribution is 5.86. The van der Waals surface area contributed by atoms with Crippen LogP contribution in [0.4, 0.5) is 0 Å². The Morgan fingerprint density at radius 2 is 2.19 bits per heavy atom. The average Bonchev–Trinajstić information content (AvgIpc) is 2.89. The zero-order valence-electron chi connectivity index (χ0n) is 8.86. The summed E-state index contributed by atoms with van der Waals surface area (Å²) in [4.78, 5) is 22.1. The first kappa shape index (κ1) is 10.7. The summed E-state index contributed by atoms with van der Waals surface area (Å²) in [7, 11) is 1.27. The molecule has 0 aliphatic heterocycles. The van der Waals surface area contributed by atoms with Crippen molar-refractivity contribution in [1.82, 2.24) is 0 Å². The summed E-state index contributed by atoms with van der Waals surface area (Å²) in [5.41, 5.74) is -0.675. The lowest BCUT2D eigenvalue weighted by Gasteiger charge is -2.05. The minimum atomic E-state index is -0.802. The summed E-state index contributed by atoms with van der Waals surface area (Å²) >= 11 is 0. The number of rotatable bonds is 4. The standard InChI is InChI=1S/C11H12O5/c1-15-9(12)8-3-2-7(16-8)6-11(4-5-11)10(13)14/h2-3H,4-6H2,1H3,(H,13,14). The summed E-state index contributed by atoms with van der Waals surface area (Å²) in [5.74, 6) is -0.728. The van der Waals surface area contributed by atoms with Crippen LogP contribution >= 0.6 is 0 Å². The van der Waals surface area contributed by atoms with E-state index in [1.165, 1.54) is 13.2 Å². The van der Waals surface area contributed by atoms with Gasteiger partial charge in [-0.2, -0.15) is 0 Å². The van der Waals surface area contributed by atoms with E-state index in [9.17, 15) is 9.59 Å². The molecule has 2 rings (SSSR count). The second-order valence-corrected chi connectivity index (χ2v) is 4.02. The number of ether oxygens (including phenoxy) is 1. The lowest BCUT2D eigenvalue weighted by Crippen LogP contribution is -2.17. The zero-order valence-corrected chi connectivity index (χ0v) is 8.86. The number of carboxylic acid groups (broad SMARTS) is 1. The molecule has 0 amide bonds. The number of aliphatic carboxylic acids is 1. The third-order valence-electron chi connectivity index (χ3n) is 2.87. The van der Waals surface area contributed by atoms with Crippen molar-refractivity contribution in [1.29, 1.82) is 0 Å². The highest BCUT2D eigenvalue weighted by atomic mass is 16.5. The van der Waals surface area contributed by atoms with E-state index in [1.807, 2.05) is 0 Å². The van der Waals surface area contributed by atoms with Crippen molar-refractivity contribution in [2.75, 3.05) is 7.11 Å². The number of furan rings is 1. The largest absolute Gasteiger partial charge is 0.481 e. The first-order valence-electron chi connectivity index (χ1n) is 4.98. The van der Waals surface area contributed by atoms with Gasteiger partial charge in [-0.1, -0.05) is 0 Å². The fourth-order valence-electron chi connectivity index (χ4n) is 1.63. The maximum Gasteiger partial charge on any atom is 0.373 e. The Labute approximate surface area is 92.0 Å². The molecule has 1 aliphatic carbocycles. The Hall–Kier alpha value is -1.78. The number of carbonyl (C=O) groups is 2. The van der Waals surface area contributed by atoms with Crippen LogP contribution in [0, 0.1) is 5.41 Å². The second kappa shape index (κ2) is 3.66. The van der Waals surface area contributed by atoms with Crippen molar-refractivity contribution < 1.29 is 23.8 Å². The topological polar surface area (TPSA) is 76.7 Å². The maximum absolute atomic E-state index is 11.1. The normalized spacial score (nSPS) is 16.8. The van der Waals surface area contributed by atoms with Crippen LogP contribution in [0.3, 0.4) is 0 Å². The molecule has 0 bridgehead atoms. The van der Waals surface area contributed by atoms with Gasteiger partial charge in [-0.25, -0.2) is 4.79 Å². The average molecular weight is 224 g/mol. The monoisotopic (exact) mass is 224 g/mol. The zero-order chi connectivity index (χ0) is 11.8. The minimum Gasteiger partial charge on any atom is -0.481 e. The fraction of sp³-hybridized carbons (Fsp3) is 0.455. The number of carboxylic acids is 1. The molecule has 1 saturated carbocycles. The Balaban J connectivity index is 2.09. The van der Waals surface area contributed by atoms with Gasteiger partial charge in [0.15, 0.2) is 0 Å². The molecule has 1 fully saturated rings. The van der Waals surface area contributed by atoms with Gasteiger partial charge in [-0.05, 0) is 25.0 Å². The van der Waals surface area contributed by atoms with Crippen LogP contribution in [0.5, 0.6) is 0 Å². The number of hydrogen-bond donors (Lipinski definition) is 1. The van der Waals surface area contributed by atoms with Crippen molar-refractivity contribution >= 4 is 11.9 Å². The van der Waals surface area contributed by atoms with Crippen LogP contribution in [0.2, 0.25) is 0 Å². The molecule has 0 atom stereocenters. The van der Waals surface area contributed by atoms with E-state index in [1.54, 1.807) is 6.07 Å². The predicted octanol–water partition coefficient (Wildman–Crippen LogP) is 1.47. The SMILES string of the molecule is COC(=O)c1ccc(CC2(C(=O)O)CC2)o1. The van der Waals surface area contributed by atoms with Gasteiger partial charge in [0.05, 0.1) is 12.5 Å². The van der Waals surface area contributed by atoms with Crippen LogP contribution in [0.1, 0.15) is 29.2 Å². The molecule has 0 radical (unpaired) electrons. The number of carbonyl (C=O) groups excluding carboxylic acids is 1. The molecule has 5 nitrogen and oxygen atoms in total. The van der Waals surface area contributed by atoms with Gasteiger partial charge in [-0.3, -0.25) is 4.79 Å². The number of hydrogen-bond acceptors (Lipinski definition) is 4. The minimum absolute atomic E-state index is 0.110. The molecule has 0 aromatic carbocycles.